The molecule has 0 spiro atoms. The van der Waals surface area contributed by atoms with Crippen molar-refractivity contribution in [2.75, 3.05) is 42.5 Å². The highest BCUT2D eigenvalue weighted by Crippen LogP contribution is 2.30. The van der Waals surface area contributed by atoms with Gasteiger partial charge in [-0.15, -0.1) is 0 Å². The van der Waals surface area contributed by atoms with Crippen molar-refractivity contribution in [1.82, 2.24) is 15.6 Å². The molecule has 0 aliphatic carbocycles. The van der Waals surface area contributed by atoms with Crippen LogP contribution in [0.15, 0.2) is 36.5 Å². The summed E-state index contributed by atoms with van der Waals surface area (Å²) in [6.07, 6.45) is -1.43. The van der Waals surface area contributed by atoms with Crippen molar-refractivity contribution < 1.29 is 26.7 Å². The molecular weight excluding hydrogens is 457 g/mol. The summed E-state index contributed by atoms with van der Waals surface area (Å²) in [6, 6.07) is 5.94. The number of nitrogens with zero attached hydrogens (tertiary/aromatic N) is 3. The smallest absolute Gasteiger partial charge is 0.371 e. The molecule has 2 amide bonds. The lowest BCUT2D eigenvalue weighted by atomic mass is 10.1. The van der Waals surface area contributed by atoms with E-state index < -0.39 is 23.4 Å². The number of benzene rings is 1. The normalized spacial score (nSPS) is 19.4. The van der Waals surface area contributed by atoms with E-state index in [-0.39, 0.29) is 18.0 Å². The van der Waals surface area contributed by atoms with Crippen LogP contribution in [0.3, 0.4) is 0 Å². The fourth-order valence-corrected chi connectivity index (χ4v) is 4.38. The largest absolute Gasteiger partial charge is 0.417 e. The van der Waals surface area contributed by atoms with Gasteiger partial charge in [0.05, 0.1) is 5.56 Å². The van der Waals surface area contributed by atoms with Gasteiger partial charge in [-0.3, -0.25) is 0 Å². The van der Waals surface area contributed by atoms with Crippen LogP contribution < -0.4 is 20.4 Å². The number of carbonyl (C=O) groups excluding carboxylic acids is 1. The van der Waals surface area contributed by atoms with Crippen molar-refractivity contribution in [1.29, 1.82) is 0 Å². The first-order valence-corrected chi connectivity index (χ1v) is 11.2. The zero-order chi connectivity index (χ0) is 24.3. The maximum atomic E-state index is 13.5. The minimum atomic E-state index is -4.41. The fourth-order valence-electron chi connectivity index (χ4n) is 4.38. The minimum absolute atomic E-state index is 0.0343. The Balaban J connectivity index is 1.17. The van der Waals surface area contributed by atoms with Gasteiger partial charge >= 0.3 is 12.2 Å². The summed E-state index contributed by atoms with van der Waals surface area (Å²) in [6.45, 7) is 2.98. The van der Waals surface area contributed by atoms with E-state index in [2.05, 4.69) is 15.6 Å². The highest BCUT2D eigenvalue weighted by atomic mass is 19.4. The van der Waals surface area contributed by atoms with Crippen LogP contribution >= 0.6 is 0 Å². The number of rotatable bonds is 5. The maximum Gasteiger partial charge on any atom is 0.417 e. The zero-order valence-corrected chi connectivity index (χ0v) is 18.4. The summed E-state index contributed by atoms with van der Waals surface area (Å²) in [4.78, 5) is 20.1. The molecule has 2 aromatic rings. The molecule has 2 aliphatic heterocycles. The van der Waals surface area contributed by atoms with Crippen molar-refractivity contribution in [3.8, 4) is 0 Å². The van der Waals surface area contributed by atoms with E-state index >= 15 is 0 Å². The Kier molecular flexibility index (Phi) is 7.08. The molecule has 1 aromatic heterocycles. The lowest BCUT2D eigenvalue weighted by molar-refractivity contribution is -0.137. The van der Waals surface area contributed by atoms with Crippen molar-refractivity contribution in [3.05, 3.63) is 53.7 Å². The van der Waals surface area contributed by atoms with Gasteiger partial charge in [0.2, 0.25) is 0 Å². The predicted octanol–water partition coefficient (Wildman–Crippen LogP) is 4.17. The summed E-state index contributed by atoms with van der Waals surface area (Å²) in [7, 11) is 0. The fraction of sp³-hybridized carbons (Fsp3) is 0.478. The number of aromatic nitrogens is 1. The van der Waals surface area contributed by atoms with Gasteiger partial charge in [0.1, 0.15) is 5.82 Å². The Morgan fingerprint density at radius 1 is 1.00 bits per heavy atom. The standard InChI is InChI=1S/C23H26F5N5O/c24-19-3-2-18(11-20(19)25)33-8-5-15(14-33)12-30-22(34)31-17-6-9-32(10-7-17)21-4-1-16(13-29-21)23(26,27)28/h1-4,11,13,15,17H,5-10,12,14H2,(H2,30,31,34). The third-order valence-corrected chi connectivity index (χ3v) is 6.33. The number of pyridine rings is 1. The Bertz CT molecular complexity index is 992. The van der Waals surface area contributed by atoms with Crippen molar-refractivity contribution in [3.63, 3.8) is 0 Å². The van der Waals surface area contributed by atoms with Crippen molar-refractivity contribution >= 4 is 17.5 Å². The first-order chi connectivity index (χ1) is 16.2. The van der Waals surface area contributed by atoms with Crippen molar-refractivity contribution in [2.24, 2.45) is 5.92 Å². The quantitative estimate of drug-likeness (QED) is 0.627. The Labute approximate surface area is 194 Å². The Hall–Kier alpha value is -3.11. The number of alkyl halides is 3. The molecule has 2 N–H and O–H groups in total. The molecule has 2 aliphatic rings. The number of urea groups is 1. The molecule has 2 fully saturated rings. The summed E-state index contributed by atoms with van der Waals surface area (Å²) in [5.74, 6) is -1.06. The lowest BCUT2D eigenvalue weighted by Gasteiger charge is -2.33. The molecule has 34 heavy (non-hydrogen) atoms. The van der Waals surface area contributed by atoms with E-state index in [4.69, 9.17) is 0 Å². The first-order valence-electron chi connectivity index (χ1n) is 11.2. The van der Waals surface area contributed by atoms with Gasteiger partial charge < -0.3 is 20.4 Å². The van der Waals surface area contributed by atoms with E-state index in [1.54, 1.807) is 6.07 Å². The van der Waals surface area contributed by atoms with Crippen LogP contribution in [-0.2, 0) is 6.18 Å². The number of anilines is 2. The van der Waals surface area contributed by atoms with Gasteiger partial charge in [0.25, 0.3) is 0 Å². The van der Waals surface area contributed by atoms with E-state index in [1.165, 1.54) is 12.1 Å². The highest BCUT2D eigenvalue weighted by Gasteiger charge is 2.31. The van der Waals surface area contributed by atoms with Crippen LogP contribution in [-0.4, -0.2) is 49.8 Å². The van der Waals surface area contributed by atoms with Gasteiger partial charge in [-0.1, -0.05) is 0 Å². The molecule has 1 aromatic carbocycles. The van der Waals surface area contributed by atoms with Crippen LogP contribution in [0.4, 0.5) is 38.3 Å². The molecule has 11 heteroatoms. The third kappa shape index (κ3) is 5.87. The van der Waals surface area contributed by atoms with Crippen LogP contribution in [0.2, 0.25) is 0 Å². The number of piperidine rings is 1. The molecule has 6 nitrogen and oxygen atoms in total. The number of hydrogen-bond acceptors (Lipinski definition) is 4. The van der Waals surface area contributed by atoms with Gasteiger partial charge in [-0.05, 0) is 49.4 Å². The summed E-state index contributed by atoms with van der Waals surface area (Å²) in [5.41, 5.74) is -0.153. The molecular formula is C23H26F5N5O. The van der Waals surface area contributed by atoms with E-state index in [0.29, 0.717) is 57.1 Å². The van der Waals surface area contributed by atoms with E-state index in [1.807, 2.05) is 9.80 Å². The average molecular weight is 483 g/mol. The Morgan fingerprint density at radius 3 is 2.38 bits per heavy atom. The number of nitrogens with one attached hydrogen (secondary N) is 2. The summed E-state index contributed by atoms with van der Waals surface area (Å²) in [5, 5.41) is 5.83. The molecule has 2 saturated heterocycles. The lowest BCUT2D eigenvalue weighted by Crippen LogP contribution is -2.48. The molecule has 184 valence electrons. The molecule has 0 radical (unpaired) electrons. The van der Waals surface area contributed by atoms with Crippen LogP contribution in [0.25, 0.3) is 0 Å². The number of amides is 2. The second-order valence-corrected chi connectivity index (χ2v) is 8.72. The number of halogens is 5. The SMILES string of the molecule is O=C(NCC1CCN(c2ccc(F)c(F)c2)C1)NC1CCN(c2ccc(C(F)(F)F)cn2)CC1. The van der Waals surface area contributed by atoms with Crippen LogP contribution in [0, 0.1) is 17.6 Å². The third-order valence-electron chi connectivity index (χ3n) is 6.33. The van der Waals surface area contributed by atoms with Crippen molar-refractivity contribution in [2.45, 2.75) is 31.5 Å². The predicted molar refractivity (Wildman–Crippen MR) is 118 cm³/mol. The second kappa shape index (κ2) is 10.0. The topological polar surface area (TPSA) is 60.5 Å². The summed E-state index contributed by atoms with van der Waals surface area (Å²) < 4.78 is 64.7. The van der Waals surface area contributed by atoms with Crippen LogP contribution in [0.5, 0.6) is 0 Å². The highest BCUT2D eigenvalue weighted by molar-refractivity contribution is 5.74. The maximum absolute atomic E-state index is 13.5. The Morgan fingerprint density at radius 2 is 1.74 bits per heavy atom. The molecule has 0 saturated carbocycles. The summed E-state index contributed by atoms with van der Waals surface area (Å²) >= 11 is 0. The van der Waals surface area contributed by atoms with Gasteiger partial charge in [-0.2, -0.15) is 13.2 Å². The van der Waals surface area contributed by atoms with Gasteiger partial charge in [-0.25, -0.2) is 18.6 Å². The molecule has 1 unspecified atom stereocenters. The van der Waals surface area contributed by atoms with E-state index in [0.717, 1.165) is 24.8 Å². The van der Waals surface area contributed by atoms with E-state index in [9.17, 15) is 26.7 Å². The molecule has 0 bridgehead atoms. The monoisotopic (exact) mass is 483 g/mol. The minimum Gasteiger partial charge on any atom is -0.371 e. The number of hydrogen-bond donors (Lipinski definition) is 2. The van der Waals surface area contributed by atoms with Gasteiger partial charge in [0, 0.05) is 56.7 Å². The molecule has 1 atom stereocenters. The second-order valence-electron chi connectivity index (χ2n) is 8.72. The van der Waals surface area contributed by atoms with Crippen LogP contribution in [0.1, 0.15) is 24.8 Å². The first kappa shape index (κ1) is 24.0. The zero-order valence-electron chi connectivity index (χ0n) is 18.4. The molecule has 3 heterocycles. The number of carbonyl (C=O) groups is 1. The molecule has 4 rings (SSSR count). The van der Waals surface area contributed by atoms with Gasteiger partial charge in [0.15, 0.2) is 11.6 Å². The average Bonchev–Trinajstić information content (AvgIpc) is 3.29.